The molecule has 0 bridgehead atoms. The van der Waals surface area contributed by atoms with Crippen molar-refractivity contribution in [3.05, 3.63) is 65.5 Å². The van der Waals surface area contributed by atoms with Crippen LogP contribution in [-0.4, -0.2) is 62.2 Å². The maximum atomic E-state index is 14.6. The zero-order valence-electron chi connectivity index (χ0n) is 21.2. The van der Waals surface area contributed by atoms with Crippen molar-refractivity contribution < 1.29 is 22.4 Å². The molecule has 0 fully saturated rings. The zero-order valence-corrected chi connectivity index (χ0v) is 22.0. The quantitative estimate of drug-likeness (QED) is 0.507. The van der Waals surface area contributed by atoms with E-state index in [2.05, 4.69) is 5.32 Å². The lowest BCUT2D eigenvalue weighted by Crippen LogP contribution is -2.53. The Bertz CT molecular complexity index is 1140. The molecule has 0 unspecified atom stereocenters. The second-order valence-corrected chi connectivity index (χ2v) is 10.8. The van der Waals surface area contributed by atoms with Gasteiger partial charge in [-0.2, -0.15) is 12.7 Å². The van der Waals surface area contributed by atoms with Gasteiger partial charge in [-0.3, -0.25) is 9.59 Å². The Hall–Kier alpha value is -2.98. The Morgan fingerprint density at radius 3 is 2.20 bits per heavy atom. The monoisotopic (exact) mass is 506 g/mol. The van der Waals surface area contributed by atoms with E-state index in [9.17, 15) is 22.4 Å². The summed E-state index contributed by atoms with van der Waals surface area (Å²) in [6.07, 6.45) is 0.715. The number of carbonyl (C=O) groups is 2. The van der Waals surface area contributed by atoms with Crippen molar-refractivity contribution in [3.8, 4) is 0 Å². The minimum atomic E-state index is -4.21. The van der Waals surface area contributed by atoms with Crippen LogP contribution in [0.4, 0.5) is 10.1 Å². The number of amides is 2. The first kappa shape index (κ1) is 28.3. The van der Waals surface area contributed by atoms with Crippen LogP contribution < -0.4 is 9.62 Å². The average Bonchev–Trinajstić information content (AvgIpc) is 2.81. The molecule has 0 radical (unpaired) electrons. The van der Waals surface area contributed by atoms with Crippen LogP contribution in [0.2, 0.25) is 0 Å². The van der Waals surface area contributed by atoms with Gasteiger partial charge < -0.3 is 10.2 Å². The molecule has 35 heavy (non-hydrogen) atoms. The number of halogens is 1. The van der Waals surface area contributed by atoms with Crippen molar-refractivity contribution in [3.63, 3.8) is 0 Å². The van der Waals surface area contributed by atoms with E-state index in [0.29, 0.717) is 6.42 Å². The van der Waals surface area contributed by atoms with E-state index in [1.807, 2.05) is 45.0 Å². The molecule has 8 nitrogen and oxygen atoms in total. The van der Waals surface area contributed by atoms with E-state index in [-0.39, 0.29) is 24.2 Å². The molecule has 0 saturated carbocycles. The molecule has 0 aliphatic heterocycles. The molecule has 0 aromatic heterocycles. The van der Waals surface area contributed by atoms with Gasteiger partial charge in [0, 0.05) is 26.7 Å². The van der Waals surface area contributed by atoms with Crippen molar-refractivity contribution in [1.82, 2.24) is 14.5 Å². The smallest absolute Gasteiger partial charge is 0.304 e. The lowest BCUT2D eigenvalue weighted by Gasteiger charge is -2.33. The number of para-hydroxylation sites is 1. The summed E-state index contributed by atoms with van der Waals surface area (Å²) in [6.45, 7) is 6.71. The van der Waals surface area contributed by atoms with Crippen LogP contribution in [-0.2, 0) is 26.3 Å². The molecular weight excluding hydrogens is 471 g/mol. The Morgan fingerprint density at radius 2 is 1.63 bits per heavy atom. The van der Waals surface area contributed by atoms with Gasteiger partial charge in [-0.1, -0.05) is 43.3 Å². The van der Waals surface area contributed by atoms with Gasteiger partial charge >= 0.3 is 10.2 Å². The molecule has 2 atom stereocenters. The Morgan fingerprint density at radius 1 is 1.03 bits per heavy atom. The minimum Gasteiger partial charge on any atom is -0.352 e. The highest BCUT2D eigenvalue weighted by atomic mass is 32.2. The zero-order chi connectivity index (χ0) is 26.3. The molecule has 2 aromatic rings. The topological polar surface area (TPSA) is 90.0 Å². The Kier molecular flexibility index (Phi) is 9.79. The van der Waals surface area contributed by atoms with E-state index in [4.69, 9.17) is 0 Å². The number of carbonyl (C=O) groups excluding carboxylic acids is 2. The highest BCUT2D eigenvalue weighted by Crippen LogP contribution is 2.24. The van der Waals surface area contributed by atoms with Crippen LogP contribution in [0.5, 0.6) is 0 Å². The molecule has 0 saturated heterocycles. The summed E-state index contributed by atoms with van der Waals surface area (Å²) >= 11 is 0. The van der Waals surface area contributed by atoms with Gasteiger partial charge in [0.1, 0.15) is 18.4 Å². The number of rotatable bonds is 11. The van der Waals surface area contributed by atoms with Crippen LogP contribution in [0.1, 0.15) is 38.3 Å². The first-order chi connectivity index (χ1) is 16.4. The fourth-order valence-electron chi connectivity index (χ4n) is 3.37. The molecule has 0 spiro atoms. The predicted octanol–water partition coefficient (Wildman–Crippen LogP) is 3.08. The molecule has 0 aliphatic carbocycles. The fraction of sp³-hybridized carbons (Fsp3) is 0.440. The fourth-order valence-corrected chi connectivity index (χ4v) is 4.44. The van der Waals surface area contributed by atoms with Crippen LogP contribution in [0, 0.1) is 12.7 Å². The van der Waals surface area contributed by atoms with Gasteiger partial charge in [0.15, 0.2) is 0 Å². The molecule has 2 aromatic carbocycles. The number of nitrogens with one attached hydrogen (secondary N) is 1. The number of aryl methyl sites for hydroxylation is 1. The maximum absolute atomic E-state index is 14.6. The summed E-state index contributed by atoms with van der Waals surface area (Å²) in [5.41, 5.74) is 1.49. The van der Waals surface area contributed by atoms with Gasteiger partial charge in [0.25, 0.3) is 0 Å². The Balaban J connectivity index is 2.48. The summed E-state index contributed by atoms with van der Waals surface area (Å²) in [5, 5.41) is 2.87. The van der Waals surface area contributed by atoms with Crippen LogP contribution in [0.15, 0.2) is 48.5 Å². The molecule has 2 amide bonds. The molecule has 192 valence electrons. The molecule has 0 heterocycles. The summed E-state index contributed by atoms with van der Waals surface area (Å²) in [6, 6.07) is 11.8. The van der Waals surface area contributed by atoms with Gasteiger partial charge in [0.05, 0.1) is 5.69 Å². The standard InChI is InChI=1S/C25H35FN4O4S/c1-7-19(3)27-25(32)20(4)29(16-21-13-9-8-12-18(21)2)24(31)17-30(35(33,34)28(5)6)23-15-11-10-14-22(23)26/h8-15,19-20H,7,16-17H2,1-6H3,(H,27,32)/t19-,20+/m0/s1. The van der Waals surface area contributed by atoms with Gasteiger partial charge in [0.2, 0.25) is 11.8 Å². The summed E-state index contributed by atoms with van der Waals surface area (Å²) < 4.78 is 42.4. The van der Waals surface area contributed by atoms with E-state index < -0.39 is 34.5 Å². The molecule has 2 rings (SSSR count). The number of benzene rings is 2. The Labute approximate surface area is 207 Å². The average molecular weight is 507 g/mol. The highest BCUT2D eigenvalue weighted by Gasteiger charge is 2.34. The van der Waals surface area contributed by atoms with Crippen molar-refractivity contribution in [2.45, 2.75) is 52.7 Å². The first-order valence-electron chi connectivity index (χ1n) is 11.5. The van der Waals surface area contributed by atoms with Crippen LogP contribution >= 0.6 is 0 Å². The predicted molar refractivity (Wildman–Crippen MR) is 135 cm³/mol. The van der Waals surface area contributed by atoms with Crippen LogP contribution in [0.25, 0.3) is 0 Å². The second-order valence-electron chi connectivity index (χ2n) is 8.69. The van der Waals surface area contributed by atoms with Gasteiger partial charge in [-0.25, -0.2) is 8.70 Å². The van der Waals surface area contributed by atoms with Crippen molar-refractivity contribution in [2.24, 2.45) is 0 Å². The van der Waals surface area contributed by atoms with Crippen LogP contribution in [0.3, 0.4) is 0 Å². The number of anilines is 1. The lowest BCUT2D eigenvalue weighted by atomic mass is 10.1. The maximum Gasteiger partial charge on any atom is 0.304 e. The minimum absolute atomic E-state index is 0.0910. The summed E-state index contributed by atoms with van der Waals surface area (Å²) in [5.74, 6) is -1.76. The third-order valence-corrected chi connectivity index (χ3v) is 7.72. The molecule has 1 N–H and O–H groups in total. The third-order valence-electron chi connectivity index (χ3n) is 5.91. The van der Waals surface area contributed by atoms with Crippen molar-refractivity contribution >= 4 is 27.7 Å². The van der Waals surface area contributed by atoms with E-state index in [1.165, 1.54) is 37.2 Å². The van der Waals surface area contributed by atoms with Gasteiger partial charge in [-0.15, -0.1) is 0 Å². The lowest BCUT2D eigenvalue weighted by molar-refractivity contribution is -0.139. The first-order valence-corrected chi connectivity index (χ1v) is 12.9. The number of hydrogen-bond donors (Lipinski definition) is 1. The molecular formula is C25H35FN4O4S. The SMILES string of the molecule is CC[C@H](C)NC(=O)[C@@H](C)N(Cc1ccccc1C)C(=O)CN(c1ccccc1F)S(=O)(=O)N(C)C. The highest BCUT2D eigenvalue weighted by molar-refractivity contribution is 7.90. The molecule has 10 heteroatoms. The van der Waals surface area contributed by atoms with E-state index in [1.54, 1.807) is 6.92 Å². The third kappa shape index (κ3) is 7.02. The van der Waals surface area contributed by atoms with Crippen molar-refractivity contribution in [2.75, 3.05) is 24.9 Å². The van der Waals surface area contributed by atoms with E-state index >= 15 is 0 Å². The second kappa shape index (κ2) is 12.1. The molecule has 0 aliphatic rings. The largest absolute Gasteiger partial charge is 0.352 e. The van der Waals surface area contributed by atoms with Crippen molar-refractivity contribution in [1.29, 1.82) is 0 Å². The number of hydrogen-bond acceptors (Lipinski definition) is 4. The normalized spacial score (nSPS) is 13.3. The van der Waals surface area contributed by atoms with Gasteiger partial charge in [-0.05, 0) is 50.5 Å². The summed E-state index contributed by atoms with van der Waals surface area (Å²) in [7, 11) is -1.60. The number of nitrogens with zero attached hydrogens (tertiary/aromatic N) is 3. The van der Waals surface area contributed by atoms with E-state index in [0.717, 1.165) is 25.8 Å². The summed E-state index contributed by atoms with van der Waals surface area (Å²) in [4.78, 5) is 27.9.